The van der Waals surface area contributed by atoms with Gasteiger partial charge in [0.1, 0.15) is 0 Å². The van der Waals surface area contributed by atoms with Crippen molar-refractivity contribution in [2.75, 3.05) is 6.26 Å². The van der Waals surface area contributed by atoms with Crippen molar-refractivity contribution in [2.45, 2.75) is 43.9 Å². The molecule has 0 atom stereocenters. The molecule has 1 rings (SSSR count). The Bertz CT molecular complexity index is 391. The van der Waals surface area contributed by atoms with Crippen molar-refractivity contribution in [1.29, 1.82) is 0 Å². The zero-order chi connectivity index (χ0) is 12.3. The number of allylic oxidation sites excluding steroid dienone is 2. The van der Waals surface area contributed by atoms with E-state index < -0.39 is 0 Å². The molecule has 0 fully saturated rings. The number of rotatable bonds is 6. The molecule has 0 saturated carbocycles. The molecule has 1 aromatic rings. The van der Waals surface area contributed by atoms with Crippen molar-refractivity contribution in [3.63, 3.8) is 0 Å². The summed E-state index contributed by atoms with van der Waals surface area (Å²) in [4.78, 5) is 1.29. The average molecular weight is 264 g/mol. The normalized spacial score (nSPS) is 10.5. The van der Waals surface area contributed by atoms with Gasteiger partial charge < -0.3 is 0 Å². The van der Waals surface area contributed by atoms with E-state index in [1.165, 1.54) is 30.6 Å². The number of unbranched alkanes of at least 4 members (excludes halogenated alkanes) is 4. The Labute approximate surface area is 114 Å². The molecule has 0 nitrogen and oxygen atoms in total. The molecule has 2 heteroatoms. The van der Waals surface area contributed by atoms with E-state index in [0.717, 1.165) is 12.0 Å². The Hall–Kier alpha value is -0.650. The smallest absolute Gasteiger partial charge is 0.0491 e. The lowest BCUT2D eigenvalue weighted by Crippen LogP contribution is -1.73. The van der Waals surface area contributed by atoms with Crippen molar-refractivity contribution in [2.24, 2.45) is 0 Å². The third kappa shape index (κ3) is 6.00. The monoisotopic (exact) mass is 264 g/mol. The molecule has 0 amide bonds. The van der Waals surface area contributed by atoms with Gasteiger partial charge in [0, 0.05) is 21.2 Å². The molecule has 1 aromatic heterocycles. The quantitative estimate of drug-likeness (QED) is 0.379. The van der Waals surface area contributed by atoms with E-state index in [0.29, 0.717) is 0 Å². The second-order valence-electron chi connectivity index (χ2n) is 3.87. The molecule has 92 valence electrons. The van der Waals surface area contributed by atoms with E-state index in [1.54, 1.807) is 23.1 Å². The van der Waals surface area contributed by atoms with E-state index in [2.05, 4.69) is 41.9 Å². The lowest BCUT2D eigenvalue weighted by molar-refractivity contribution is 0.674. The number of hydrogen-bond donors (Lipinski definition) is 0. The molecule has 17 heavy (non-hydrogen) atoms. The summed E-state index contributed by atoms with van der Waals surface area (Å²) >= 11 is 3.48. The van der Waals surface area contributed by atoms with Crippen molar-refractivity contribution < 1.29 is 0 Å². The highest BCUT2D eigenvalue weighted by Gasteiger charge is 1.97. The zero-order valence-electron chi connectivity index (χ0n) is 10.7. The highest BCUT2D eigenvalue weighted by atomic mass is 32.2. The summed E-state index contributed by atoms with van der Waals surface area (Å²) in [5.41, 5.74) is 1.16. The summed E-state index contributed by atoms with van der Waals surface area (Å²) < 4.78 is 0. The van der Waals surface area contributed by atoms with Crippen molar-refractivity contribution in [1.82, 2.24) is 0 Å². The van der Waals surface area contributed by atoms with Crippen LogP contribution >= 0.6 is 23.1 Å². The summed E-state index contributed by atoms with van der Waals surface area (Å²) in [7, 11) is 0. The molecule has 0 aliphatic heterocycles. The number of thiophene rings is 1. The Balaban J connectivity index is 2.28. The molecule has 1 heterocycles. The molecule has 0 saturated heterocycles. The lowest BCUT2D eigenvalue weighted by atomic mass is 10.1. The SMILES string of the molecule is CCCCCC/C=C/C#Cc1cscc1SC. The molecular formula is C15H20S2. The number of hydrogen-bond acceptors (Lipinski definition) is 2. The summed E-state index contributed by atoms with van der Waals surface area (Å²) in [6.45, 7) is 2.24. The van der Waals surface area contributed by atoms with E-state index in [9.17, 15) is 0 Å². The molecule has 0 spiro atoms. The standard InChI is InChI=1S/C15H20S2/c1-3-4-5-6-7-8-9-10-11-14-12-17-13-15(14)16-2/h8-9,12-13H,3-7H2,1-2H3/b9-8+. The van der Waals surface area contributed by atoms with Gasteiger partial charge >= 0.3 is 0 Å². The maximum atomic E-state index is 3.20. The summed E-state index contributed by atoms with van der Waals surface area (Å²) in [5.74, 6) is 6.32. The Morgan fingerprint density at radius 2 is 2.18 bits per heavy atom. The maximum absolute atomic E-state index is 3.20. The first-order valence-corrected chi connectivity index (χ1v) is 8.32. The summed E-state index contributed by atoms with van der Waals surface area (Å²) in [5, 5.41) is 4.27. The predicted molar refractivity (Wildman–Crippen MR) is 80.9 cm³/mol. The van der Waals surface area contributed by atoms with Gasteiger partial charge in [0.25, 0.3) is 0 Å². The van der Waals surface area contributed by atoms with E-state index in [-0.39, 0.29) is 0 Å². The van der Waals surface area contributed by atoms with Gasteiger partial charge in [-0.25, -0.2) is 0 Å². The predicted octanol–water partition coefficient (Wildman–Crippen LogP) is 5.35. The van der Waals surface area contributed by atoms with Crippen LogP contribution in [0.1, 0.15) is 44.6 Å². The van der Waals surface area contributed by atoms with Gasteiger partial charge in [-0.2, -0.15) is 0 Å². The van der Waals surface area contributed by atoms with Crippen LogP contribution in [0, 0.1) is 11.8 Å². The van der Waals surface area contributed by atoms with Gasteiger partial charge in [-0.3, -0.25) is 0 Å². The van der Waals surface area contributed by atoms with Crippen LogP contribution in [0.15, 0.2) is 27.8 Å². The van der Waals surface area contributed by atoms with Crippen molar-refractivity contribution in [3.05, 3.63) is 28.5 Å². The van der Waals surface area contributed by atoms with Crippen LogP contribution in [-0.2, 0) is 0 Å². The van der Waals surface area contributed by atoms with Crippen LogP contribution in [0.5, 0.6) is 0 Å². The first kappa shape index (κ1) is 14.4. The third-order valence-corrected chi connectivity index (χ3v) is 4.15. The van der Waals surface area contributed by atoms with Crippen LogP contribution in [0.4, 0.5) is 0 Å². The average Bonchev–Trinajstić information content (AvgIpc) is 2.80. The van der Waals surface area contributed by atoms with Gasteiger partial charge in [0.05, 0.1) is 0 Å². The molecule has 0 unspecified atom stereocenters. The van der Waals surface area contributed by atoms with Crippen LogP contribution in [0.2, 0.25) is 0 Å². The highest BCUT2D eigenvalue weighted by molar-refractivity contribution is 7.98. The first-order valence-electron chi connectivity index (χ1n) is 6.15. The topological polar surface area (TPSA) is 0 Å². The van der Waals surface area contributed by atoms with E-state index in [4.69, 9.17) is 0 Å². The molecule has 0 radical (unpaired) electrons. The van der Waals surface area contributed by atoms with Gasteiger partial charge in [-0.15, -0.1) is 23.1 Å². The molecule has 0 N–H and O–H groups in total. The first-order chi connectivity index (χ1) is 8.38. The maximum Gasteiger partial charge on any atom is 0.0491 e. The van der Waals surface area contributed by atoms with E-state index in [1.807, 2.05) is 6.08 Å². The summed E-state index contributed by atoms with van der Waals surface area (Å²) in [6.07, 6.45) is 12.7. The fraction of sp³-hybridized carbons (Fsp3) is 0.467. The van der Waals surface area contributed by atoms with Crippen molar-refractivity contribution >= 4 is 23.1 Å². The molecule has 0 aliphatic carbocycles. The van der Waals surface area contributed by atoms with Gasteiger partial charge in [0.15, 0.2) is 0 Å². The van der Waals surface area contributed by atoms with Crippen LogP contribution < -0.4 is 0 Å². The number of thioether (sulfide) groups is 1. The van der Waals surface area contributed by atoms with E-state index >= 15 is 0 Å². The Morgan fingerprint density at radius 3 is 2.94 bits per heavy atom. The Kier molecular flexibility index (Phi) is 7.96. The minimum atomic E-state index is 1.16. The lowest BCUT2D eigenvalue weighted by Gasteiger charge is -1.92. The van der Waals surface area contributed by atoms with Crippen LogP contribution in [0.25, 0.3) is 0 Å². The minimum Gasteiger partial charge on any atom is -0.150 e. The van der Waals surface area contributed by atoms with Gasteiger partial charge in [-0.1, -0.05) is 44.1 Å². The fourth-order valence-corrected chi connectivity index (χ4v) is 3.08. The van der Waals surface area contributed by atoms with Crippen molar-refractivity contribution in [3.8, 4) is 11.8 Å². The molecule has 0 bridgehead atoms. The van der Waals surface area contributed by atoms with Gasteiger partial charge in [0.2, 0.25) is 0 Å². The largest absolute Gasteiger partial charge is 0.150 e. The summed E-state index contributed by atoms with van der Waals surface area (Å²) in [6, 6.07) is 0. The highest BCUT2D eigenvalue weighted by Crippen LogP contribution is 2.23. The Morgan fingerprint density at radius 1 is 1.29 bits per heavy atom. The van der Waals surface area contributed by atoms with Gasteiger partial charge in [-0.05, 0) is 25.2 Å². The zero-order valence-corrected chi connectivity index (χ0v) is 12.3. The molecule has 0 aliphatic rings. The fourth-order valence-electron chi connectivity index (χ4n) is 1.49. The third-order valence-electron chi connectivity index (χ3n) is 2.48. The van der Waals surface area contributed by atoms with Crippen LogP contribution in [0.3, 0.4) is 0 Å². The molecule has 0 aromatic carbocycles. The molecular weight excluding hydrogens is 244 g/mol. The minimum absolute atomic E-state index is 1.16. The second kappa shape index (κ2) is 9.39. The van der Waals surface area contributed by atoms with Crippen LogP contribution in [-0.4, -0.2) is 6.26 Å². The second-order valence-corrected chi connectivity index (χ2v) is 5.47.